The number of halogens is 1. The molecule has 5 heteroatoms. The Balaban J connectivity index is 2.39. The molecule has 1 saturated heterocycles. The number of urea groups is 1. The normalized spacial score (nSPS) is 18.8. The number of anilines is 1. The molecule has 1 aromatic carbocycles. The molecule has 0 spiro atoms. The molecule has 0 radical (unpaired) electrons. The van der Waals surface area contributed by atoms with Crippen molar-refractivity contribution >= 4 is 29.2 Å². The molecular formula is C11H11ClN2O2. The standard InChI is InChI=1S/C11H11ClN2O2/c1-11(2)9(15)14(10(16)13-11)8-5-3-7(12)4-6-8/h3-6H,1-2H3,(H,13,16). The summed E-state index contributed by atoms with van der Waals surface area (Å²) in [5, 5.41) is 3.18. The van der Waals surface area contributed by atoms with E-state index in [0.717, 1.165) is 4.90 Å². The summed E-state index contributed by atoms with van der Waals surface area (Å²) in [5.74, 6) is -0.264. The summed E-state index contributed by atoms with van der Waals surface area (Å²) < 4.78 is 0. The fraction of sp³-hybridized carbons (Fsp3) is 0.273. The molecule has 2 rings (SSSR count). The minimum absolute atomic E-state index is 0.264. The van der Waals surface area contributed by atoms with Gasteiger partial charge in [-0.2, -0.15) is 0 Å². The molecule has 1 aliphatic heterocycles. The van der Waals surface area contributed by atoms with Gasteiger partial charge in [-0.3, -0.25) is 4.79 Å². The van der Waals surface area contributed by atoms with Crippen LogP contribution in [0.3, 0.4) is 0 Å². The van der Waals surface area contributed by atoms with Gasteiger partial charge in [0.2, 0.25) is 0 Å². The van der Waals surface area contributed by atoms with Gasteiger partial charge in [0, 0.05) is 5.02 Å². The third-order valence-electron chi connectivity index (χ3n) is 2.45. The maximum Gasteiger partial charge on any atom is 0.329 e. The Kier molecular flexibility index (Phi) is 2.39. The van der Waals surface area contributed by atoms with Gasteiger partial charge in [0.25, 0.3) is 5.91 Å². The zero-order valence-corrected chi connectivity index (χ0v) is 9.71. The van der Waals surface area contributed by atoms with Crippen LogP contribution in [0.4, 0.5) is 10.5 Å². The molecule has 0 bridgehead atoms. The number of carbonyl (C=O) groups excluding carboxylic acids is 2. The van der Waals surface area contributed by atoms with Crippen molar-refractivity contribution in [1.29, 1.82) is 0 Å². The third-order valence-corrected chi connectivity index (χ3v) is 2.70. The number of nitrogens with one attached hydrogen (secondary N) is 1. The van der Waals surface area contributed by atoms with Crippen molar-refractivity contribution in [2.45, 2.75) is 19.4 Å². The molecule has 84 valence electrons. The van der Waals surface area contributed by atoms with E-state index in [1.807, 2.05) is 0 Å². The Morgan fingerprint density at radius 2 is 1.75 bits per heavy atom. The van der Waals surface area contributed by atoms with Crippen LogP contribution < -0.4 is 10.2 Å². The van der Waals surface area contributed by atoms with Gasteiger partial charge in [-0.05, 0) is 38.1 Å². The van der Waals surface area contributed by atoms with Crippen LogP contribution in [0.2, 0.25) is 5.02 Å². The van der Waals surface area contributed by atoms with Crippen LogP contribution in [-0.2, 0) is 4.79 Å². The molecule has 4 nitrogen and oxygen atoms in total. The van der Waals surface area contributed by atoms with E-state index in [1.54, 1.807) is 38.1 Å². The highest BCUT2D eigenvalue weighted by Crippen LogP contribution is 2.25. The van der Waals surface area contributed by atoms with Gasteiger partial charge in [-0.1, -0.05) is 11.6 Å². The van der Waals surface area contributed by atoms with Gasteiger partial charge in [0.15, 0.2) is 0 Å². The molecule has 16 heavy (non-hydrogen) atoms. The first kappa shape index (κ1) is 11.0. The van der Waals surface area contributed by atoms with Crippen molar-refractivity contribution in [3.63, 3.8) is 0 Å². The van der Waals surface area contributed by atoms with Gasteiger partial charge >= 0.3 is 6.03 Å². The molecule has 0 atom stereocenters. The second kappa shape index (κ2) is 3.49. The number of hydrogen-bond acceptors (Lipinski definition) is 2. The summed E-state index contributed by atoms with van der Waals surface area (Å²) in [5.41, 5.74) is -0.325. The van der Waals surface area contributed by atoms with E-state index in [1.165, 1.54) is 0 Å². The molecule has 0 aromatic heterocycles. The van der Waals surface area contributed by atoms with Crippen LogP contribution >= 0.6 is 11.6 Å². The Morgan fingerprint density at radius 1 is 1.19 bits per heavy atom. The minimum atomic E-state index is -0.850. The second-order valence-electron chi connectivity index (χ2n) is 4.17. The summed E-state index contributed by atoms with van der Waals surface area (Å²) in [6, 6.07) is 6.16. The average molecular weight is 239 g/mol. The van der Waals surface area contributed by atoms with Gasteiger partial charge in [0.05, 0.1) is 5.69 Å². The number of rotatable bonds is 1. The van der Waals surface area contributed by atoms with Crippen molar-refractivity contribution in [2.24, 2.45) is 0 Å². The lowest BCUT2D eigenvalue weighted by molar-refractivity contribution is -0.120. The summed E-state index contributed by atoms with van der Waals surface area (Å²) in [6.45, 7) is 3.34. The fourth-order valence-corrected chi connectivity index (χ4v) is 1.70. The largest absolute Gasteiger partial charge is 0.329 e. The van der Waals surface area contributed by atoms with Gasteiger partial charge in [-0.15, -0.1) is 0 Å². The monoisotopic (exact) mass is 238 g/mol. The summed E-state index contributed by atoms with van der Waals surface area (Å²) in [7, 11) is 0. The lowest BCUT2D eigenvalue weighted by Crippen LogP contribution is -2.40. The minimum Gasteiger partial charge on any atom is -0.323 e. The first-order valence-corrected chi connectivity index (χ1v) is 5.22. The van der Waals surface area contributed by atoms with E-state index in [9.17, 15) is 9.59 Å². The molecule has 1 N–H and O–H groups in total. The maximum atomic E-state index is 11.9. The van der Waals surface area contributed by atoms with Crippen molar-refractivity contribution in [3.05, 3.63) is 29.3 Å². The van der Waals surface area contributed by atoms with Crippen LogP contribution in [0, 0.1) is 0 Å². The SMILES string of the molecule is CC1(C)NC(=O)N(c2ccc(Cl)cc2)C1=O. The highest BCUT2D eigenvalue weighted by molar-refractivity contribution is 6.30. The smallest absolute Gasteiger partial charge is 0.323 e. The molecule has 3 amide bonds. The van der Waals surface area contributed by atoms with Crippen LogP contribution in [0.25, 0.3) is 0 Å². The van der Waals surface area contributed by atoms with E-state index >= 15 is 0 Å². The molecule has 1 aromatic rings. The van der Waals surface area contributed by atoms with Gasteiger partial charge < -0.3 is 5.32 Å². The van der Waals surface area contributed by atoms with Crippen molar-refractivity contribution in [2.75, 3.05) is 4.90 Å². The first-order valence-electron chi connectivity index (χ1n) is 4.84. The van der Waals surface area contributed by atoms with E-state index in [2.05, 4.69) is 5.32 Å². The number of benzene rings is 1. The Hall–Kier alpha value is -1.55. The number of imide groups is 1. The molecule has 0 unspecified atom stereocenters. The van der Waals surface area contributed by atoms with Crippen LogP contribution in [0.15, 0.2) is 24.3 Å². The van der Waals surface area contributed by atoms with Crippen LogP contribution in [-0.4, -0.2) is 17.5 Å². The van der Waals surface area contributed by atoms with Gasteiger partial charge in [-0.25, -0.2) is 9.69 Å². The number of nitrogens with zero attached hydrogens (tertiary/aromatic N) is 1. The topological polar surface area (TPSA) is 49.4 Å². The zero-order chi connectivity index (χ0) is 11.9. The average Bonchev–Trinajstić information content (AvgIpc) is 2.39. The van der Waals surface area contributed by atoms with Crippen molar-refractivity contribution in [1.82, 2.24) is 5.32 Å². The highest BCUT2D eigenvalue weighted by Gasteiger charge is 2.44. The summed E-state index contributed by atoms with van der Waals surface area (Å²) >= 11 is 5.74. The molecule has 0 saturated carbocycles. The number of amides is 3. The first-order chi connectivity index (χ1) is 7.42. The second-order valence-corrected chi connectivity index (χ2v) is 4.61. The van der Waals surface area contributed by atoms with Crippen LogP contribution in [0.5, 0.6) is 0 Å². The van der Waals surface area contributed by atoms with Crippen molar-refractivity contribution in [3.8, 4) is 0 Å². The van der Waals surface area contributed by atoms with E-state index in [0.29, 0.717) is 10.7 Å². The fourth-order valence-electron chi connectivity index (χ4n) is 1.57. The molecule has 1 aliphatic rings. The lowest BCUT2D eigenvalue weighted by Gasteiger charge is -2.15. The lowest BCUT2D eigenvalue weighted by atomic mass is 10.1. The number of carbonyl (C=O) groups is 2. The van der Waals surface area contributed by atoms with Crippen LogP contribution in [0.1, 0.15) is 13.8 Å². The molecular weight excluding hydrogens is 228 g/mol. The molecule has 0 aliphatic carbocycles. The third kappa shape index (κ3) is 1.65. The Morgan fingerprint density at radius 3 is 2.19 bits per heavy atom. The number of hydrogen-bond donors (Lipinski definition) is 1. The molecule has 1 heterocycles. The van der Waals surface area contributed by atoms with E-state index in [4.69, 9.17) is 11.6 Å². The van der Waals surface area contributed by atoms with Gasteiger partial charge in [0.1, 0.15) is 5.54 Å². The predicted molar refractivity (Wildman–Crippen MR) is 61.5 cm³/mol. The molecule has 1 fully saturated rings. The zero-order valence-electron chi connectivity index (χ0n) is 8.95. The predicted octanol–water partition coefficient (Wildman–Crippen LogP) is 2.17. The Labute approximate surface area is 98.2 Å². The summed E-state index contributed by atoms with van der Waals surface area (Å²) in [4.78, 5) is 24.7. The quantitative estimate of drug-likeness (QED) is 0.763. The van der Waals surface area contributed by atoms with Crippen molar-refractivity contribution < 1.29 is 9.59 Å². The van der Waals surface area contributed by atoms with E-state index < -0.39 is 11.6 Å². The highest BCUT2D eigenvalue weighted by atomic mass is 35.5. The summed E-state index contributed by atoms with van der Waals surface area (Å²) in [6.07, 6.45) is 0. The maximum absolute atomic E-state index is 11.9. The Bertz CT molecular complexity index is 454. The van der Waals surface area contributed by atoms with E-state index in [-0.39, 0.29) is 5.91 Å².